The van der Waals surface area contributed by atoms with Crippen LogP contribution >= 0.6 is 0 Å². The number of carbonyl (C=O) groups excluding carboxylic acids is 1. The highest BCUT2D eigenvalue weighted by molar-refractivity contribution is 5.99. The van der Waals surface area contributed by atoms with E-state index in [1.165, 1.54) is 0 Å². The molecule has 0 spiro atoms. The Hall–Kier alpha value is -3.12. The normalized spacial score (nSPS) is 11.8. The maximum absolute atomic E-state index is 12.3. The van der Waals surface area contributed by atoms with E-state index in [1.54, 1.807) is 43.6 Å². The Labute approximate surface area is 145 Å². The van der Waals surface area contributed by atoms with Gasteiger partial charge < -0.3 is 20.5 Å². The molecule has 0 saturated heterocycles. The fourth-order valence-electron chi connectivity index (χ4n) is 2.59. The van der Waals surface area contributed by atoms with Crippen LogP contribution in [0.3, 0.4) is 0 Å². The molecule has 3 rings (SSSR count). The number of carbonyl (C=O) groups is 1. The van der Waals surface area contributed by atoms with Gasteiger partial charge in [0.2, 0.25) is 0 Å². The second-order valence-corrected chi connectivity index (χ2v) is 5.49. The van der Waals surface area contributed by atoms with Gasteiger partial charge in [-0.2, -0.15) is 0 Å². The third-order valence-electron chi connectivity index (χ3n) is 3.89. The number of pyridine rings is 1. The number of ether oxygens (including phenoxy) is 1. The lowest BCUT2D eigenvalue weighted by Gasteiger charge is -2.18. The summed E-state index contributed by atoms with van der Waals surface area (Å²) < 4.78 is 5.11. The minimum absolute atomic E-state index is 0.215. The summed E-state index contributed by atoms with van der Waals surface area (Å²) in [6, 6.07) is 15.6. The Bertz CT molecular complexity index is 860. The highest BCUT2D eigenvalue weighted by Crippen LogP contribution is 2.21. The molecule has 2 aromatic carbocycles. The number of urea groups is 1. The standard InChI is InChI=1S/C19H19N3O3/c1-25-15-9-7-13(8-10-15)17(12-23)22-19(24)21-16-6-2-4-14-5-3-11-20-18(14)16/h2-11,17,23H,12H2,1H3,(H2,21,22,24)/t17-/m1/s1. The zero-order chi connectivity index (χ0) is 17.6. The minimum atomic E-state index is -0.520. The molecule has 6 nitrogen and oxygen atoms in total. The molecule has 1 heterocycles. The number of hydrogen-bond donors (Lipinski definition) is 3. The van der Waals surface area contributed by atoms with Crippen LogP contribution in [0.4, 0.5) is 10.5 Å². The van der Waals surface area contributed by atoms with E-state index in [0.717, 1.165) is 10.9 Å². The van der Waals surface area contributed by atoms with Crippen LogP contribution in [0.25, 0.3) is 10.9 Å². The SMILES string of the molecule is COc1ccc([C@@H](CO)NC(=O)Nc2cccc3cccnc23)cc1. The molecular weight excluding hydrogens is 318 g/mol. The van der Waals surface area contributed by atoms with Crippen molar-refractivity contribution in [2.75, 3.05) is 19.0 Å². The van der Waals surface area contributed by atoms with Gasteiger partial charge in [-0.3, -0.25) is 4.98 Å². The lowest BCUT2D eigenvalue weighted by Crippen LogP contribution is -2.34. The average Bonchev–Trinajstić information content (AvgIpc) is 2.66. The molecule has 0 aliphatic heterocycles. The molecule has 6 heteroatoms. The Morgan fingerprint density at radius 2 is 1.92 bits per heavy atom. The molecule has 0 radical (unpaired) electrons. The number of hydrogen-bond acceptors (Lipinski definition) is 4. The summed E-state index contributed by atoms with van der Waals surface area (Å²) in [5.74, 6) is 0.715. The zero-order valence-corrected chi connectivity index (χ0v) is 13.8. The number of amides is 2. The first kappa shape index (κ1) is 16.7. The average molecular weight is 337 g/mol. The number of aliphatic hydroxyl groups is 1. The van der Waals surface area contributed by atoms with Gasteiger partial charge in [0.1, 0.15) is 5.75 Å². The number of benzene rings is 2. The Balaban J connectivity index is 1.73. The van der Waals surface area contributed by atoms with Crippen LogP contribution in [0.15, 0.2) is 60.8 Å². The molecule has 25 heavy (non-hydrogen) atoms. The molecule has 2 amide bonds. The number of nitrogens with zero attached hydrogens (tertiary/aromatic N) is 1. The lowest BCUT2D eigenvalue weighted by atomic mass is 10.1. The van der Waals surface area contributed by atoms with Gasteiger partial charge in [-0.05, 0) is 29.8 Å². The number of para-hydroxylation sites is 1. The van der Waals surface area contributed by atoms with E-state index < -0.39 is 12.1 Å². The molecule has 0 unspecified atom stereocenters. The van der Waals surface area contributed by atoms with Crippen molar-refractivity contribution in [2.24, 2.45) is 0 Å². The van der Waals surface area contributed by atoms with Gasteiger partial charge in [0.15, 0.2) is 0 Å². The Kier molecular flexibility index (Phi) is 5.11. The number of nitrogens with one attached hydrogen (secondary N) is 2. The van der Waals surface area contributed by atoms with Gasteiger partial charge >= 0.3 is 6.03 Å². The highest BCUT2D eigenvalue weighted by atomic mass is 16.5. The predicted octanol–water partition coefficient (Wildman–Crippen LogP) is 3.10. The highest BCUT2D eigenvalue weighted by Gasteiger charge is 2.14. The molecule has 3 N–H and O–H groups in total. The van der Waals surface area contributed by atoms with Crippen LogP contribution in [0.5, 0.6) is 5.75 Å². The van der Waals surface area contributed by atoms with E-state index in [0.29, 0.717) is 17.0 Å². The number of fused-ring (bicyclic) bond motifs is 1. The van der Waals surface area contributed by atoms with Gasteiger partial charge in [0.05, 0.1) is 31.0 Å². The second kappa shape index (κ2) is 7.63. The van der Waals surface area contributed by atoms with Gasteiger partial charge in [-0.15, -0.1) is 0 Å². The summed E-state index contributed by atoms with van der Waals surface area (Å²) >= 11 is 0. The summed E-state index contributed by atoms with van der Waals surface area (Å²) in [5.41, 5.74) is 2.11. The van der Waals surface area contributed by atoms with Crippen LogP contribution in [-0.4, -0.2) is 29.8 Å². The maximum atomic E-state index is 12.3. The van der Waals surface area contributed by atoms with E-state index in [4.69, 9.17) is 4.74 Å². The van der Waals surface area contributed by atoms with Crippen LogP contribution in [-0.2, 0) is 0 Å². The summed E-state index contributed by atoms with van der Waals surface area (Å²) in [5, 5.41) is 16.1. The summed E-state index contributed by atoms with van der Waals surface area (Å²) in [7, 11) is 1.59. The zero-order valence-electron chi connectivity index (χ0n) is 13.8. The van der Waals surface area contributed by atoms with E-state index in [1.807, 2.05) is 24.3 Å². The first-order valence-electron chi connectivity index (χ1n) is 7.87. The number of rotatable bonds is 5. The van der Waals surface area contributed by atoms with Crippen LogP contribution in [0.2, 0.25) is 0 Å². The largest absolute Gasteiger partial charge is 0.497 e. The lowest BCUT2D eigenvalue weighted by molar-refractivity contribution is 0.225. The molecule has 0 fully saturated rings. The van der Waals surface area contributed by atoms with Gasteiger partial charge in [0, 0.05) is 11.6 Å². The summed E-state index contributed by atoms with van der Waals surface area (Å²) in [4.78, 5) is 16.6. The molecule has 128 valence electrons. The van der Waals surface area contributed by atoms with Crippen molar-refractivity contribution in [2.45, 2.75) is 6.04 Å². The first-order chi connectivity index (χ1) is 12.2. The second-order valence-electron chi connectivity index (χ2n) is 5.49. The van der Waals surface area contributed by atoms with Gasteiger partial charge in [0.25, 0.3) is 0 Å². The van der Waals surface area contributed by atoms with Crippen molar-refractivity contribution in [3.8, 4) is 5.75 Å². The molecule has 1 atom stereocenters. The van der Waals surface area contributed by atoms with Gasteiger partial charge in [-0.25, -0.2) is 4.79 Å². The number of methoxy groups -OCH3 is 1. The Morgan fingerprint density at radius 1 is 1.16 bits per heavy atom. The molecule has 1 aromatic heterocycles. The van der Waals surface area contributed by atoms with E-state index >= 15 is 0 Å². The minimum Gasteiger partial charge on any atom is -0.497 e. The topological polar surface area (TPSA) is 83.5 Å². The maximum Gasteiger partial charge on any atom is 0.319 e. The van der Waals surface area contributed by atoms with Crippen LogP contribution in [0.1, 0.15) is 11.6 Å². The third kappa shape index (κ3) is 3.87. The van der Waals surface area contributed by atoms with Crippen molar-refractivity contribution in [3.05, 3.63) is 66.4 Å². The van der Waals surface area contributed by atoms with Crippen molar-refractivity contribution < 1.29 is 14.6 Å². The summed E-state index contributed by atoms with van der Waals surface area (Å²) in [6.07, 6.45) is 1.68. The first-order valence-corrected chi connectivity index (χ1v) is 7.87. The molecule has 0 aliphatic rings. The smallest absolute Gasteiger partial charge is 0.319 e. The fraction of sp³-hybridized carbons (Fsp3) is 0.158. The van der Waals surface area contributed by atoms with Crippen molar-refractivity contribution in [1.82, 2.24) is 10.3 Å². The van der Waals surface area contributed by atoms with E-state index in [9.17, 15) is 9.90 Å². The molecule has 0 bridgehead atoms. The summed E-state index contributed by atoms with van der Waals surface area (Å²) in [6.45, 7) is -0.215. The van der Waals surface area contributed by atoms with E-state index in [2.05, 4.69) is 15.6 Å². The quantitative estimate of drug-likeness (QED) is 0.668. The molecular formula is C19H19N3O3. The molecule has 0 aliphatic carbocycles. The van der Waals surface area contributed by atoms with Crippen molar-refractivity contribution in [3.63, 3.8) is 0 Å². The molecule has 3 aromatic rings. The number of anilines is 1. The fourth-order valence-corrected chi connectivity index (χ4v) is 2.59. The van der Waals surface area contributed by atoms with Crippen molar-refractivity contribution in [1.29, 1.82) is 0 Å². The predicted molar refractivity (Wildman–Crippen MR) is 96.7 cm³/mol. The van der Waals surface area contributed by atoms with Crippen LogP contribution in [0, 0.1) is 0 Å². The number of aromatic nitrogens is 1. The van der Waals surface area contributed by atoms with Gasteiger partial charge in [-0.1, -0.05) is 30.3 Å². The molecule has 0 saturated carbocycles. The van der Waals surface area contributed by atoms with Crippen molar-refractivity contribution >= 4 is 22.6 Å². The van der Waals surface area contributed by atoms with Crippen LogP contribution < -0.4 is 15.4 Å². The third-order valence-corrected chi connectivity index (χ3v) is 3.89. The Morgan fingerprint density at radius 3 is 2.64 bits per heavy atom. The number of aliphatic hydroxyl groups excluding tert-OH is 1. The van der Waals surface area contributed by atoms with E-state index in [-0.39, 0.29) is 6.61 Å². The monoisotopic (exact) mass is 337 g/mol.